The van der Waals surface area contributed by atoms with E-state index in [0.717, 1.165) is 16.0 Å². The minimum Gasteiger partial charge on any atom is -0.414 e. The van der Waals surface area contributed by atoms with Crippen molar-refractivity contribution in [1.82, 2.24) is 0 Å². The van der Waals surface area contributed by atoms with Crippen molar-refractivity contribution in [2.45, 2.75) is 0 Å². The van der Waals surface area contributed by atoms with E-state index in [1.807, 2.05) is 0 Å². The van der Waals surface area contributed by atoms with Gasteiger partial charge in [0.25, 0.3) is 0 Å². The third-order valence-electron chi connectivity index (χ3n) is 1.29. The van der Waals surface area contributed by atoms with Crippen LogP contribution >= 0.6 is 22.9 Å². The summed E-state index contributed by atoms with van der Waals surface area (Å²) in [6.07, 6.45) is 0. The topological polar surface area (TPSA) is 30.2 Å². The van der Waals surface area contributed by atoms with Crippen molar-refractivity contribution in [3.05, 3.63) is 33.0 Å². The molecule has 2 rings (SSSR count). The summed E-state index contributed by atoms with van der Waals surface area (Å²) in [7, 11) is 0. The summed E-state index contributed by atoms with van der Waals surface area (Å²) in [5.74, 6) is 0. The predicted octanol–water partition coefficient (Wildman–Crippen LogP) is 2.51. The molecule has 0 amide bonds. The molecule has 0 atom stereocenters. The summed E-state index contributed by atoms with van der Waals surface area (Å²) in [5.41, 5.74) is 0.601. The molecule has 0 saturated heterocycles. The summed E-state index contributed by atoms with van der Waals surface area (Å²) in [4.78, 5) is 10.4. The Labute approximate surface area is 71.0 Å². The molecule has 0 spiro atoms. The number of fused-ring (bicyclic) bond motifs is 1. The van der Waals surface area contributed by atoms with Crippen LogP contribution in [0.3, 0.4) is 0 Å². The lowest BCUT2D eigenvalue weighted by molar-refractivity contribution is 0.585. The van der Waals surface area contributed by atoms with Crippen LogP contribution in [0.5, 0.6) is 0 Å². The van der Waals surface area contributed by atoms with Crippen LogP contribution < -0.4 is 4.94 Å². The smallest absolute Gasteiger partial charge is 0.396 e. The fourth-order valence-corrected chi connectivity index (χ4v) is 1.79. The summed E-state index contributed by atoms with van der Waals surface area (Å²) in [5, 5.41) is 0.620. The molecule has 0 unspecified atom stereocenters. The maximum absolute atomic E-state index is 10.7. The summed E-state index contributed by atoms with van der Waals surface area (Å²) >= 11 is 6.75. The normalized spacial score (nSPS) is 10.6. The van der Waals surface area contributed by atoms with Crippen molar-refractivity contribution >= 4 is 33.2 Å². The number of rotatable bonds is 0. The van der Waals surface area contributed by atoms with Crippen molar-refractivity contribution in [3.8, 4) is 0 Å². The molecule has 1 aromatic carbocycles. The lowest BCUT2D eigenvalue weighted by atomic mass is 10.3. The largest absolute Gasteiger partial charge is 0.414 e. The van der Waals surface area contributed by atoms with Crippen molar-refractivity contribution < 1.29 is 4.42 Å². The Kier molecular flexibility index (Phi) is 1.47. The van der Waals surface area contributed by atoms with Crippen LogP contribution in [0.4, 0.5) is 0 Å². The quantitative estimate of drug-likeness (QED) is 0.633. The van der Waals surface area contributed by atoms with Crippen LogP contribution in [-0.4, -0.2) is 0 Å². The number of hydrogen-bond acceptors (Lipinski definition) is 3. The van der Waals surface area contributed by atoms with E-state index in [9.17, 15) is 4.79 Å². The molecule has 2 aromatic rings. The first-order chi connectivity index (χ1) is 5.25. The summed E-state index contributed by atoms with van der Waals surface area (Å²) in [6.45, 7) is 0. The SMILES string of the molecule is O=c1oc2ccc(Cl)cc2s1. The van der Waals surface area contributed by atoms with Crippen LogP contribution in [0.1, 0.15) is 0 Å². The van der Waals surface area contributed by atoms with E-state index in [0.29, 0.717) is 10.6 Å². The monoisotopic (exact) mass is 186 g/mol. The molecule has 4 heteroatoms. The maximum atomic E-state index is 10.7. The first-order valence-corrected chi connectivity index (χ1v) is 4.14. The number of hydrogen-bond donors (Lipinski definition) is 0. The highest BCUT2D eigenvalue weighted by Crippen LogP contribution is 2.20. The van der Waals surface area contributed by atoms with Crippen LogP contribution in [-0.2, 0) is 0 Å². The third kappa shape index (κ3) is 1.17. The second kappa shape index (κ2) is 2.36. The molecule has 56 valence electrons. The summed E-state index contributed by atoms with van der Waals surface area (Å²) in [6, 6.07) is 5.10. The molecule has 0 fully saturated rings. The molecule has 0 saturated carbocycles. The Balaban J connectivity index is 2.92. The molecule has 11 heavy (non-hydrogen) atoms. The Bertz CT molecular complexity index is 443. The molecule has 1 heterocycles. The molecule has 2 nitrogen and oxygen atoms in total. The molecular formula is C7H3ClO2S. The van der Waals surface area contributed by atoms with Crippen molar-refractivity contribution in [3.63, 3.8) is 0 Å². The standard InChI is InChI=1S/C7H3ClO2S/c8-4-1-2-5-6(3-4)11-7(9)10-5/h1-3H. The van der Waals surface area contributed by atoms with E-state index in [-0.39, 0.29) is 4.94 Å². The van der Waals surface area contributed by atoms with Gasteiger partial charge in [0.05, 0.1) is 4.70 Å². The van der Waals surface area contributed by atoms with Crippen molar-refractivity contribution in [2.75, 3.05) is 0 Å². The molecule has 0 aliphatic heterocycles. The van der Waals surface area contributed by atoms with Gasteiger partial charge in [-0.05, 0) is 18.2 Å². The second-order valence-electron chi connectivity index (χ2n) is 2.05. The van der Waals surface area contributed by atoms with Gasteiger partial charge >= 0.3 is 4.94 Å². The van der Waals surface area contributed by atoms with Crippen molar-refractivity contribution in [1.29, 1.82) is 0 Å². The minimum atomic E-state index is -0.290. The average Bonchev–Trinajstić information content (AvgIpc) is 2.27. The second-order valence-corrected chi connectivity index (χ2v) is 3.46. The highest BCUT2D eigenvalue weighted by atomic mass is 35.5. The third-order valence-corrected chi connectivity index (χ3v) is 2.32. The Morgan fingerprint density at radius 2 is 2.27 bits per heavy atom. The maximum Gasteiger partial charge on any atom is 0.396 e. The molecule has 0 aliphatic carbocycles. The van der Waals surface area contributed by atoms with E-state index >= 15 is 0 Å². The fourth-order valence-electron chi connectivity index (χ4n) is 0.846. The van der Waals surface area contributed by atoms with Gasteiger partial charge in [-0.1, -0.05) is 22.9 Å². The molecule has 0 radical (unpaired) electrons. The van der Waals surface area contributed by atoms with Crippen LogP contribution in [0.15, 0.2) is 27.4 Å². The minimum absolute atomic E-state index is 0.290. The van der Waals surface area contributed by atoms with Crippen molar-refractivity contribution in [2.24, 2.45) is 0 Å². The Hall–Kier alpha value is -0.800. The van der Waals surface area contributed by atoms with Gasteiger partial charge in [-0.15, -0.1) is 0 Å². The zero-order valence-corrected chi connectivity index (χ0v) is 6.91. The van der Waals surface area contributed by atoms with E-state index < -0.39 is 0 Å². The molecule has 0 bridgehead atoms. The molecule has 1 aromatic heterocycles. The van der Waals surface area contributed by atoms with Crippen LogP contribution in [0.2, 0.25) is 5.02 Å². The number of benzene rings is 1. The van der Waals surface area contributed by atoms with Crippen LogP contribution in [0.25, 0.3) is 10.3 Å². The van der Waals surface area contributed by atoms with E-state index in [1.54, 1.807) is 18.2 Å². The van der Waals surface area contributed by atoms with Gasteiger partial charge < -0.3 is 4.42 Å². The highest BCUT2D eigenvalue weighted by Gasteiger charge is 2.00. The first-order valence-electron chi connectivity index (χ1n) is 2.95. The fraction of sp³-hybridized carbons (Fsp3) is 0. The lowest BCUT2D eigenvalue weighted by Crippen LogP contribution is -1.79. The van der Waals surface area contributed by atoms with Gasteiger partial charge in [-0.25, -0.2) is 4.79 Å². The molecule has 0 aliphatic rings. The summed E-state index contributed by atoms with van der Waals surface area (Å²) < 4.78 is 5.62. The highest BCUT2D eigenvalue weighted by molar-refractivity contribution is 7.16. The van der Waals surface area contributed by atoms with E-state index in [2.05, 4.69) is 0 Å². The molecule has 0 N–H and O–H groups in total. The molecular weight excluding hydrogens is 184 g/mol. The predicted molar refractivity (Wildman–Crippen MR) is 45.4 cm³/mol. The zero-order chi connectivity index (χ0) is 7.84. The Morgan fingerprint density at radius 3 is 3.09 bits per heavy atom. The number of halogens is 1. The Morgan fingerprint density at radius 1 is 1.45 bits per heavy atom. The van der Waals surface area contributed by atoms with Gasteiger partial charge in [-0.2, -0.15) is 0 Å². The van der Waals surface area contributed by atoms with Gasteiger partial charge in [-0.3, -0.25) is 0 Å². The van der Waals surface area contributed by atoms with Gasteiger partial charge in [0, 0.05) is 5.02 Å². The van der Waals surface area contributed by atoms with E-state index in [4.69, 9.17) is 16.0 Å². The van der Waals surface area contributed by atoms with Gasteiger partial charge in [0.15, 0.2) is 0 Å². The lowest BCUT2D eigenvalue weighted by Gasteiger charge is -1.85. The van der Waals surface area contributed by atoms with Gasteiger partial charge in [0.2, 0.25) is 0 Å². The van der Waals surface area contributed by atoms with Gasteiger partial charge in [0.1, 0.15) is 5.58 Å². The van der Waals surface area contributed by atoms with Crippen LogP contribution in [0, 0.1) is 0 Å². The average molecular weight is 187 g/mol. The zero-order valence-electron chi connectivity index (χ0n) is 5.33. The van der Waals surface area contributed by atoms with E-state index in [1.165, 1.54) is 0 Å². The first kappa shape index (κ1) is 6.88.